The Morgan fingerprint density at radius 3 is 2.94 bits per heavy atom. The van der Waals surface area contributed by atoms with Crippen LogP contribution in [0.25, 0.3) is 0 Å². The monoisotopic (exact) mass is 245 g/mol. The number of aliphatic hydroxyl groups excluding tert-OH is 1. The van der Waals surface area contributed by atoms with Gasteiger partial charge in [0, 0.05) is 17.7 Å². The number of hydrogen-bond donors (Lipinski definition) is 1. The maximum absolute atomic E-state index is 9.63. The highest BCUT2D eigenvalue weighted by atomic mass is 32.1. The van der Waals surface area contributed by atoms with E-state index in [4.69, 9.17) is 0 Å². The second-order valence-electron chi connectivity index (χ2n) is 4.54. The van der Waals surface area contributed by atoms with Crippen LogP contribution in [-0.2, 0) is 19.3 Å². The van der Waals surface area contributed by atoms with Gasteiger partial charge in [0.05, 0.1) is 16.8 Å². The number of rotatable bonds is 2. The van der Waals surface area contributed by atoms with Crippen LogP contribution in [0.3, 0.4) is 0 Å². The highest BCUT2D eigenvalue weighted by Gasteiger charge is 2.20. The fourth-order valence-corrected chi connectivity index (χ4v) is 3.48. The zero-order valence-corrected chi connectivity index (χ0v) is 10.4. The summed E-state index contributed by atoms with van der Waals surface area (Å²) in [5.74, 6) is 0. The fourth-order valence-electron chi connectivity index (χ4n) is 2.26. The van der Waals surface area contributed by atoms with Gasteiger partial charge in [0.15, 0.2) is 0 Å². The van der Waals surface area contributed by atoms with Gasteiger partial charge < -0.3 is 5.11 Å². The van der Waals surface area contributed by atoms with Gasteiger partial charge in [-0.25, -0.2) is 4.98 Å². The Balaban J connectivity index is 1.81. The number of aliphatic hydroxyl groups is 1. The summed E-state index contributed by atoms with van der Waals surface area (Å²) < 4.78 is 0. The summed E-state index contributed by atoms with van der Waals surface area (Å²) in [7, 11) is 0. The molecule has 1 heterocycles. The molecule has 88 valence electrons. The third-order valence-corrected chi connectivity index (χ3v) is 4.28. The van der Waals surface area contributed by atoms with Gasteiger partial charge in [0.2, 0.25) is 0 Å². The maximum Gasteiger partial charge on any atom is 0.0974 e. The van der Waals surface area contributed by atoms with Crippen molar-refractivity contribution in [1.29, 1.82) is 0 Å². The fraction of sp³-hybridized carbons (Fsp3) is 0.357. The van der Waals surface area contributed by atoms with Gasteiger partial charge in [-0.15, -0.1) is 11.3 Å². The van der Waals surface area contributed by atoms with Crippen molar-refractivity contribution in [2.45, 2.75) is 31.8 Å². The Morgan fingerprint density at radius 1 is 1.29 bits per heavy atom. The zero-order valence-electron chi connectivity index (χ0n) is 9.60. The second kappa shape index (κ2) is 4.59. The number of aromatic nitrogens is 1. The Morgan fingerprint density at radius 2 is 2.12 bits per heavy atom. The Bertz CT molecular complexity index is 506. The summed E-state index contributed by atoms with van der Waals surface area (Å²) in [5, 5.41) is 10.8. The highest BCUT2D eigenvalue weighted by Crippen LogP contribution is 2.28. The van der Waals surface area contributed by atoms with Gasteiger partial charge in [-0.1, -0.05) is 30.3 Å². The summed E-state index contributed by atoms with van der Waals surface area (Å²) in [6.07, 6.45) is 3.34. The number of aryl methyl sites for hydroxylation is 1. The molecule has 1 N–H and O–H groups in total. The van der Waals surface area contributed by atoms with Gasteiger partial charge in [-0.2, -0.15) is 0 Å². The standard InChI is InChI=1S/C14H15NOS/c16-11-6-7-12-13(9-11)17-14(15-12)8-10-4-2-1-3-5-10/h1-5,11,16H,6-9H2. The van der Waals surface area contributed by atoms with Gasteiger partial charge in [0.1, 0.15) is 0 Å². The van der Waals surface area contributed by atoms with E-state index in [0.717, 1.165) is 25.7 Å². The van der Waals surface area contributed by atoms with E-state index >= 15 is 0 Å². The summed E-state index contributed by atoms with van der Waals surface area (Å²) in [5.41, 5.74) is 2.52. The largest absolute Gasteiger partial charge is 0.393 e. The van der Waals surface area contributed by atoms with E-state index in [1.807, 2.05) is 6.07 Å². The first kappa shape index (κ1) is 10.9. The van der Waals surface area contributed by atoms with Gasteiger partial charge in [-0.3, -0.25) is 0 Å². The highest BCUT2D eigenvalue weighted by molar-refractivity contribution is 7.11. The smallest absolute Gasteiger partial charge is 0.0974 e. The number of nitrogens with zero attached hydrogens (tertiary/aromatic N) is 1. The first-order valence-electron chi connectivity index (χ1n) is 6.01. The van der Waals surface area contributed by atoms with Crippen LogP contribution >= 0.6 is 11.3 Å². The normalized spacial score (nSPS) is 19.0. The van der Waals surface area contributed by atoms with Crippen molar-refractivity contribution in [2.24, 2.45) is 0 Å². The molecular weight excluding hydrogens is 230 g/mol. The van der Waals surface area contributed by atoms with Crippen LogP contribution in [0.5, 0.6) is 0 Å². The van der Waals surface area contributed by atoms with Crippen LogP contribution in [0.15, 0.2) is 30.3 Å². The molecule has 1 aromatic heterocycles. The van der Waals surface area contributed by atoms with Crippen LogP contribution < -0.4 is 0 Å². The molecule has 1 aromatic carbocycles. The average molecular weight is 245 g/mol. The number of benzene rings is 1. The van der Waals surface area contributed by atoms with Crippen LogP contribution in [0.4, 0.5) is 0 Å². The van der Waals surface area contributed by atoms with Gasteiger partial charge in [0.25, 0.3) is 0 Å². The lowest BCUT2D eigenvalue weighted by Gasteiger charge is -2.14. The van der Waals surface area contributed by atoms with Crippen LogP contribution in [0.2, 0.25) is 0 Å². The van der Waals surface area contributed by atoms with Crippen LogP contribution in [0.1, 0.15) is 27.6 Å². The minimum absolute atomic E-state index is 0.160. The van der Waals surface area contributed by atoms with Crippen molar-refractivity contribution in [3.05, 3.63) is 51.5 Å². The maximum atomic E-state index is 9.63. The van der Waals surface area contributed by atoms with Crippen LogP contribution in [0, 0.1) is 0 Å². The molecule has 0 fully saturated rings. The molecule has 17 heavy (non-hydrogen) atoms. The van der Waals surface area contributed by atoms with E-state index < -0.39 is 0 Å². The molecule has 0 spiro atoms. The van der Waals surface area contributed by atoms with Crippen molar-refractivity contribution in [3.63, 3.8) is 0 Å². The molecule has 0 radical (unpaired) electrons. The molecule has 2 nitrogen and oxygen atoms in total. The van der Waals surface area contributed by atoms with Crippen molar-refractivity contribution in [1.82, 2.24) is 4.98 Å². The quantitative estimate of drug-likeness (QED) is 0.882. The Hall–Kier alpha value is -1.19. The predicted molar refractivity (Wildman–Crippen MR) is 69.4 cm³/mol. The van der Waals surface area contributed by atoms with Gasteiger partial charge >= 0.3 is 0 Å². The molecule has 3 rings (SSSR count). The molecule has 0 bridgehead atoms. The molecule has 1 aliphatic rings. The van der Waals surface area contributed by atoms with E-state index in [0.29, 0.717) is 0 Å². The molecule has 0 saturated carbocycles. The third kappa shape index (κ3) is 2.40. The van der Waals surface area contributed by atoms with Gasteiger partial charge in [-0.05, 0) is 18.4 Å². The predicted octanol–water partition coefficient (Wildman–Crippen LogP) is 2.58. The van der Waals surface area contributed by atoms with Crippen molar-refractivity contribution in [2.75, 3.05) is 0 Å². The molecule has 1 aliphatic carbocycles. The lowest BCUT2D eigenvalue weighted by molar-refractivity contribution is 0.159. The molecule has 0 saturated heterocycles. The first-order valence-corrected chi connectivity index (χ1v) is 6.82. The molecule has 1 unspecified atom stereocenters. The summed E-state index contributed by atoms with van der Waals surface area (Å²) >= 11 is 1.76. The van der Waals surface area contributed by atoms with E-state index in [1.165, 1.54) is 21.1 Å². The minimum atomic E-state index is -0.160. The summed E-state index contributed by atoms with van der Waals surface area (Å²) in [6.45, 7) is 0. The molecule has 2 aromatic rings. The van der Waals surface area contributed by atoms with E-state index in [1.54, 1.807) is 11.3 Å². The second-order valence-corrected chi connectivity index (χ2v) is 5.70. The minimum Gasteiger partial charge on any atom is -0.393 e. The van der Waals surface area contributed by atoms with E-state index in [9.17, 15) is 5.11 Å². The first-order chi connectivity index (χ1) is 8.31. The molecular formula is C14H15NOS. The molecule has 0 aliphatic heterocycles. The van der Waals surface area contributed by atoms with E-state index in [2.05, 4.69) is 29.2 Å². The lowest BCUT2D eigenvalue weighted by Crippen LogP contribution is -2.17. The van der Waals surface area contributed by atoms with Crippen LogP contribution in [-0.4, -0.2) is 16.2 Å². The third-order valence-electron chi connectivity index (χ3n) is 3.16. The number of fused-ring (bicyclic) bond motifs is 1. The van der Waals surface area contributed by atoms with Crippen molar-refractivity contribution >= 4 is 11.3 Å². The average Bonchev–Trinajstić information content (AvgIpc) is 2.71. The lowest BCUT2D eigenvalue weighted by atomic mass is 10.0. The summed E-state index contributed by atoms with van der Waals surface area (Å²) in [4.78, 5) is 5.97. The van der Waals surface area contributed by atoms with E-state index in [-0.39, 0.29) is 6.10 Å². The van der Waals surface area contributed by atoms with Crippen molar-refractivity contribution in [3.8, 4) is 0 Å². The molecule has 0 amide bonds. The number of thiazole rings is 1. The topological polar surface area (TPSA) is 33.1 Å². The Kier molecular flexibility index (Phi) is 2.95. The number of hydrogen-bond acceptors (Lipinski definition) is 3. The molecule has 1 atom stereocenters. The SMILES string of the molecule is OC1CCc2nc(Cc3ccccc3)sc2C1. The van der Waals surface area contributed by atoms with Crippen molar-refractivity contribution < 1.29 is 5.11 Å². The summed E-state index contributed by atoms with van der Waals surface area (Å²) in [6, 6.07) is 10.4. The molecule has 3 heteroatoms. The zero-order chi connectivity index (χ0) is 11.7. The Labute approximate surface area is 105 Å².